The summed E-state index contributed by atoms with van der Waals surface area (Å²) in [4.78, 5) is 23.3. The van der Waals surface area contributed by atoms with E-state index in [1.807, 2.05) is 17.2 Å². The minimum Gasteiger partial charge on any atom is -0.389 e. The predicted octanol–water partition coefficient (Wildman–Crippen LogP) is 3.65. The lowest BCUT2D eigenvalue weighted by Crippen LogP contribution is -2.35. The number of benzene rings is 1. The van der Waals surface area contributed by atoms with Gasteiger partial charge in [-0.15, -0.1) is 17.9 Å². The molecule has 2 heterocycles. The Balaban J connectivity index is 1.88. The van der Waals surface area contributed by atoms with Crippen LogP contribution in [0.3, 0.4) is 0 Å². The summed E-state index contributed by atoms with van der Waals surface area (Å²) < 4.78 is 5.29. The van der Waals surface area contributed by atoms with Crippen molar-refractivity contribution in [3.8, 4) is 11.1 Å². The SMILES string of the molecule is C=CCN(Cc1nc2scc(-c3ccc(C)cc3C)c2c(=O)[nH]1)CC(O)COCC. The summed E-state index contributed by atoms with van der Waals surface area (Å²) in [6.45, 7) is 12.0. The largest absolute Gasteiger partial charge is 0.389 e. The van der Waals surface area contributed by atoms with Crippen LogP contribution in [0.1, 0.15) is 23.9 Å². The lowest BCUT2D eigenvalue weighted by molar-refractivity contribution is 0.0214. The Morgan fingerprint density at radius 3 is 2.87 bits per heavy atom. The average molecular weight is 428 g/mol. The second-order valence-electron chi connectivity index (χ2n) is 7.46. The minimum absolute atomic E-state index is 0.139. The van der Waals surface area contributed by atoms with Gasteiger partial charge in [-0.25, -0.2) is 4.98 Å². The van der Waals surface area contributed by atoms with Crippen molar-refractivity contribution in [2.45, 2.75) is 33.4 Å². The van der Waals surface area contributed by atoms with Crippen LogP contribution >= 0.6 is 11.3 Å². The number of aryl methyl sites for hydroxylation is 2. The number of rotatable bonds is 10. The second kappa shape index (κ2) is 10.1. The molecule has 30 heavy (non-hydrogen) atoms. The molecule has 0 fully saturated rings. The number of hydrogen-bond donors (Lipinski definition) is 2. The molecule has 1 aromatic carbocycles. The highest BCUT2D eigenvalue weighted by molar-refractivity contribution is 7.17. The molecule has 0 aliphatic carbocycles. The number of aliphatic hydroxyl groups excluding tert-OH is 1. The molecule has 0 bridgehead atoms. The van der Waals surface area contributed by atoms with Gasteiger partial charge in [-0.3, -0.25) is 9.69 Å². The van der Waals surface area contributed by atoms with Crippen molar-refractivity contribution in [2.24, 2.45) is 0 Å². The van der Waals surface area contributed by atoms with Gasteiger partial charge in [0.2, 0.25) is 0 Å². The van der Waals surface area contributed by atoms with Gasteiger partial charge in [0, 0.05) is 30.6 Å². The molecular weight excluding hydrogens is 398 g/mol. The molecule has 7 heteroatoms. The van der Waals surface area contributed by atoms with Crippen LogP contribution in [0, 0.1) is 13.8 Å². The van der Waals surface area contributed by atoms with Gasteiger partial charge in [0.25, 0.3) is 5.56 Å². The third kappa shape index (κ3) is 5.23. The van der Waals surface area contributed by atoms with Gasteiger partial charge < -0.3 is 14.8 Å². The Labute approximate surface area is 180 Å². The Morgan fingerprint density at radius 1 is 1.37 bits per heavy atom. The third-order valence-corrected chi connectivity index (χ3v) is 5.78. The summed E-state index contributed by atoms with van der Waals surface area (Å²) >= 11 is 1.48. The maximum absolute atomic E-state index is 12.9. The zero-order valence-electron chi connectivity index (χ0n) is 17.8. The van der Waals surface area contributed by atoms with Crippen LogP contribution in [0.5, 0.6) is 0 Å². The van der Waals surface area contributed by atoms with E-state index in [0.717, 1.165) is 21.5 Å². The van der Waals surface area contributed by atoms with Crippen molar-refractivity contribution in [2.75, 3.05) is 26.3 Å². The van der Waals surface area contributed by atoms with Crippen LogP contribution in [0.25, 0.3) is 21.3 Å². The summed E-state index contributed by atoms with van der Waals surface area (Å²) in [7, 11) is 0. The number of hydrogen-bond acceptors (Lipinski definition) is 6. The molecule has 160 valence electrons. The van der Waals surface area contributed by atoms with Crippen molar-refractivity contribution < 1.29 is 9.84 Å². The standard InChI is InChI=1S/C23H29N3O3S/c1-5-9-26(11-17(27)13-29-6-2)12-20-24-22(28)21-19(14-30-23(21)25-20)18-8-7-15(3)10-16(18)4/h5,7-8,10,14,17,27H,1,6,9,11-13H2,2-4H3,(H,24,25,28). The first-order valence-electron chi connectivity index (χ1n) is 10.1. The van der Waals surface area contributed by atoms with Gasteiger partial charge >= 0.3 is 0 Å². The maximum atomic E-state index is 12.9. The fourth-order valence-electron chi connectivity index (χ4n) is 3.59. The first kappa shape index (κ1) is 22.4. The Bertz CT molecular complexity index is 1070. The zero-order valence-corrected chi connectivity index (χ0v) is 18.6. The minimum atomic E-state index is -0.613. The summed E-state index contributed by atoms with van der Waals surface area (Å²) in [5.41, 5.74) is 4.17. The van der Waals surface area contributed by atoms with E-state index < -0.39 is 6.10 Å². The van der Waals surface area contributed by atoms with Gasteiger partial charge in [-0.05, 0) is 31.9 Å². The lowest BCUT2D eigenvalue weighted by atomic mass is 9.99. The molecule has 0 spiro atoms. The van der Waals surface area contributed by atoms with E-state index in [-0.39, 0.29) is 12.2 Å². The molecule has 0 saturated heterocycles. The Kier molecular flexibility index (Phi) is 7.55. The van der Waals surface area contributed by atoms with Gasteiger partial charge in [0.15, 0.2) is 0 Å². The summed E-state index contributed by atoms with van der Waals surface area (Å²) in [6, 6.07) is 6.24. The third-order valence-electron chi connectivity index (χ3n) is 4.91. The second-order valence-corrected chi connectivity index (χ2v) is 8.31. The molecular formula is C23H29N3O3S. The molecule has 1 unspecified atom stereocenters. The van der Waals surface area contributed by atoms with Gasteiger partial charge in [-0.1, -0.05) is 29.8 Å². The Morgan fingerprint density at radius 2 is 2.17 bits per heavy atom. The number of ether oxygens (including phenoxy) is 1. The predicted molar refractivity (Wildman–Crippen MR) is 123 cm³/mol. The molecule has 3 aromatic rings. The fourth-order valence-corrected chi connectivity index (χ4v) is 4.54. The summed E-state index contributed by atoms with van der Waals surface area (Å²) in [5, 5.41) is 12.8. The molecule has 0 aliphatic rings. The summed E-state index contributed by atoms with van der Waals surface area (Å²) in [6.07, 6.45) is 1.16. The number of fused-ring (bicyclic) bond motifs is 1. The van der Waals surface area contributed by atoms with E-state index in [0.29, 0.717) is 37.5 Å². The highest BCUT2D eigenvalue weighted by Crippen LogP contribution is 2.33. The van der Waals surface area contributed by atoms with Gasteiger partial charge in [0.05, 0.1) is 24.6 Å². The quantitative estimate of drug-likeness (QED) is 0.483. The highest BCUT2D eigenvalue weighted by Gasteiger charge is 2.17. The maximum Gasteiger partial charge on any atom is 0.260 e. The van der Waals surface area contributed by atoms with E-state index in [9.17, 15) is 9.90 Å². The van der Waals surface area contributed by atoms with E-state index >= 15 is 0 Å². The number of aromatic nitrogens is 2. The van der Waals surface area contributed by atoms with Gasteiger partial charge in [-0.2, -0.15) is 0 Å². The number of nitrogens with zero attached hydrogens (tertiary/aromatic N) is 2. The van der Waals surface area contributed by atoms with Crippen LogP contribution in [0.2, 0.25) is 0 Å². The topological polar surface area (TPSA) is 78.5 Å². The van der Waals surface area contributed by atoms with Crippen LogP contribution in [-0.4, -0.2) is 52.4 Å². The molecule has 2 N–H and O–H groups in total. The van der Waals surface area contributed by atoms with Crippen molar-refractivity contribution >= 4 is 21.6 Å². The fraction of sp³-hybridized carbons (Fsp3) is 0.391. The van der Waals surface area contributed by atoms with E-state index in [1.54, 1.807) is 6.08 Å². The molecule has 2 aromatic heterocycles. The van der Waals surface area contributed by atoms with E-state index in [4.69, 9.17) is 9.72 Å². The van der Waals surface area contributed by atoms with Crippen LogP contribution in [0.15, 0.2) is 41.0 Å². The molecule has 1 atom stereocenters. The zero-order chi connectivity index (χ0) is 21.7. The van der Waals surface area contributed by atoms with Crippen LogP contribution in [-0.2, 0) is 11.3 Å². The molecule has 0 aliphatic heterocycles. The molecule has 6 nitrogen and oxygen atoms in total. The molecule has 0 amide bonds. The number of H-pyrrole nitrogens is 1. The number of aromatic amines is 1. The first-order valence-corrected chi connectivity index (χ1v) is 11.0. The van der Waals surface area contributed by atoms with E-state index in [1.165, 1.54) is 16.9 Å². The smallest absolute Gasteiger partial charge is 0.260 e. The number of nitrogens with one attached hydrogen (secondary N) is 1. The van der Waals surface area contributed by atoms with E-state index in [2.05, 4.69) is 43.6 Å². The van der Waals surface area contributed by atoms with Crippen LogP contribution < -0.4 is 5.56 Å². The van der Waals surface area contributed by atoms with Crippen LogP contribution in [0.4, 0.5) is 0 Å². The monoisotopic (exact) mass is 427 g/mol. The average Bonchev–Trinajstić information content (AvgIpc) is 3.11. The first-order chi connectivity index (χ1) is 14.4. The normalized spacial score (nSPS) is 12.6. The van der Waals surface area contributed by atoms with Crippen molar-refractivity contribution in [3.05, 3.63) is 63.5 Å². The van der Waals surface area contributed by atoms with Gasteiger partial charge in [0.1, 0.15) is 10.7 Å². The molecule has 3 rings (SSSR count). The highest BCUT2D eigenvalue weighted by atomic mass is 32.1. The Hall–Kier alpha value is -2.32. The molecule has 0 radical (unpaired) electrons. The number of aliphatic hydroxyl groups is 1. The lowest BCUT2D eigenvalue weighted by Gasteiger charge is -2.23. The molecule has 0 saturated carbocycles. The summed E-state index contributed by atoms with van der Waals surface area (Å²) in [5.74, 6) is 0.576. The van der Waals surface area contributed by atoms with Crippen molar-refractivity contribution in [1.82, 2.24) is 14.9 Å². The van der Waals surface area contributed by atoms with Crippen molar-refractivity contribution in [1.29, 1.82) is 0 Å². The van der Waals surface area contributed by atoms with Crippen molar-refractivity contribution in [3.63, 3.8) is 0 Å². The number of thiophene rings is 1.